The van der Waals surface area contributed by atoms with E-state index >= 15 is 0 Å². The van der Waals surface area contributed by atoms with Crippen molar-refractivity contribution >= 4 is 5.91 Å². The van der Waals surface area contributed by atoms with Crippen molar-refractivity contribution in [3.05, 3.63) is 29.3 Å². The Kier molecular flexibility index (Phi) is 3.51. The molecule has 2 N–H and O–H groups in total. The largest absolute Gasteiger partial charge is 0.508 e. The minimum Gasteiger partial charge on any atom is -0.508 e. The highest BCUT2D eigenvalue weighted by Gasteiger charge is 2.03. The predicted octanol–water partition coefficient (Wildman–Crippen LogP) is 1.38. The van der Waals surface area contributed by atoms with Crippen LogP contribution in [0.3, 0.4) is 0 Å². The third-order valence-corrected chi connectivity index (χ3v) is 2.13. The molecule has 1 rings (SSSR count). The Morgan fingerprint density at radius 2 is 2.21 bits per heavy atom. The molecule has 76 valence electrons. The van der Waals surface area contributed by atoms with Crippen molar-refractivity contribution in [1.82, 2.24) is 5.32 Å². The summed E-state index contributed by atoms with van der Waals surface area (Å²) in [6.45, 7) is 3.99. The van der Waals surface area contributed by atoms with E-state index in [1.807, 2.05) is 19.1 Å². The molecule has 14 heavy (non-hydrogen) atoms. The maximum Gasteiger partial charge on any atom is 0.216 e. The summed E-state index contributed by atoms with van der Waals surface area (Å²) in [6.07, 6.45) is 0.665. The zero-order valence-corrected chi connectivity index (χ0v) is 8.50. The topological polar surface area (TPSA) is 49.3 Å². The van der Waals surface area contributed by atoms with Crippen LogP contribution in [0.5, 0.6) is 5.75 Å². The summed E-state index contributed by atoms with van der Waals surface area (Å²) in [4.78, 5) is 10.6. The second kappa shape index (κ2) is 4.65. The highest BCUT2D eigenvalue weighted by Crippen LogP contribution is 2.20. The normalized spacial score (nSPS) is 9.86. The summed E-state index contributed by atoms with van der Waals surface area (Å²) in [5, 5.41) is 12.2. The molecule has 0 saturated heterocycles. The Balaban J connectivity index is 2.62. The first-order chi connectivity index (χ1) is 6.61. The third kappa shape index (κ3) is 2.76. The molecule has 1 aromatic rings. The van der Waals surface area contributed by atoms with Gasteiger partial charge in [-0.25, -0.2) is 0 Å². The van der Waals surface area contributed by atoms with Gasteiger partial charge >= 0.3 is 0 Å². The monoisotopic (exact) mass is 193 g/mol. The van der Waals surface area contributed by atoms with Crippen LogP contribution >= 0.6 is 0 Å². The fourth-order valence-electron chi connectivity index (χ4n) is 1.38. The first-order valence-corrected chi connectivity index (χ1v) is 4.63. The first-order valence-electron chi connectivity index (χ1n) is 4.63. The number of aryl methyl sites for hydroxylation is 1. The van der Waals surface area contributed by atoms with E-state index in [-0.39, 0.29) is 5.91 Å². The Hall–Kier alpha value is -1.51. The molecule has 3 heteroatoms. The third-order valence-electron chi connectivity index (χ3n) is 2.13. The van der Waals surface area contributed by atoms with Crippen LogP contribution < -0.4 is 5.32 Å². The van der Waals surface area contributed by atoms with Crippen molar-refractivity contribution in [2.24, 2.45) is 0 Å². The van der Waals surface area contributed by atoms with Gasteiger partial charge in [-0.05, 0) is 30.5 Å². The molecule has 0 saturated carbocycles. The number of carbonyl (C=O) groups is 1. The van der Waals surface area contributed by atoms with E-state index in [4.69, 9.17) is 0 Å². The van der Waals surface area contributed by atoms with Crippen LogP contribution in [0.1, 0.15) is 18.1 Å². The van der Waals surface area contributed by atoms with Crippen molar-refractivity contribution in [3.8, 4) is 5.75 Å². The van der Waals surface area contributed by atoms with Crippen molar-refractivity contribution in [2.45, 2.75) is 20.3 Å². The average Bonchev–Trinajstić information content (AvgIpc) is 2.09. The second-order valence-corrected chi connectivity index (χ2v) is 3.31. The standard InChI is InChI=1S/C11H15NO2/c1-8-4-3-5-11(14)10(8)6-7-12-9(2)13/h3-5,14H,6-7H2,1-2H3,(H,12,13). The maximum atomic E-state index is 10.6. The molecule has 0 aliphatic heterocycles. The van der Waals surface area contributed by atoms with Crippen LogP contribution in [-0.4, -0.2) is 17.6 Å². The van der Waals surface area contributed by atoms with Gasteiger partial charge in [-0.2, -0.15) is 0 Å². The molecule has 0 aromatic heterocycles. The van der Waals surface area contributed by atoms with Crippen molar-refractivity contribution < 1.29 is 9.90 Å². The van der Waals surface area contributed by atoms with Gasteiger partial charge in [-0.1, -0.05) is 12.1 Å². The summed E-state index contributed by atoms with van der Waals surface area (Å²) < 4.78 is 0. The van der Waals surface area contributed by atoms with E-state index < -0.39 is 0 Å². The maximum absolute atomic E-state index is 10.6. The van der Waals surface area contributed by atoms with Crippen molar-refractivity contribution in [1.29, 1.82) is 0 Å². The van der Waals surface area contributed by atoms with E-state index in [9.17, 15) is 9.90 Å². The Morgan fingerprint density at radius 3 is 2.79 bits per heavy atom. The van der Waals surface area contributed by atoms with Crippen molar-refractivity contribution in [3.63, 3.8) is 0 Å². The van der Waals surface area contributed by atoms with Gasteiger partial charge in [-0.15, -0.1) is 0 Å². The number of benzene rings is 1. The number of aromatic hydroxyl groups is 1. The molecule has 0 heterocycles. The van der Waals surface area contributed by atoms with Gasteiger partial charge in [0.05, 0.1) is 0 Å². The van der Waals surface area contributed by atoms with Crippen molar-refractivity contribution in [2.75, 3.05) is 6.54 Å². The van der Waals surface area contributed by atoms with Gasteiger partial charge in [0.1, 0.15) is 5.75 Å². The van der Waals surface area contributed by atoms with E-state index in [0.717, 1.165) is 11.1 Å². The fourth-order valence-corrected chi connectivity index (χ4v) is 1.38. The number of rotatable bonds is 3. The number of nitrogens with one attached hydrogen (secondary N) is 1. The molecule has 0 radical (unpaired) electrons. The zero-order valence-electron chi connectivity index (χ0n) is 8.50. The molecule has 0 aliphatic rings. The summed E-state index contributed by atoms with van der Waals surface area (Å²) >= 11 is 0. The molecule has 0 aliphatic carbocycles. The summed E-state index contributed by atoms with van der Waals surface area (Å²) in [6, 6.07) is 5.42. The molecule has 0 fully saturated rings. The van der Waals surface area contributed by atoms with Gasteiger partial charge in [0, 0.05) is 13.5 Å². The van der Waals surface area contributed by atoms with Crippen LogP contribution in [0.2, 0.25) is 0 Å². The minimum atomic E-state index is -0.0435. The molecule has 0 unspecified atom stereocenters. The Morgan fingerprint density at radius 1 is 1.50 bits per heavy atom. The van der Waals surface area contributed by atoms with Crippen LogP contribution in [0.15, 0.2) is 18.2 Å². The van der Waals surface area contributed by atoms with Crippen LogP contribution in [0, 0.1) is 6.92 Å². The lowest BCUT2D eigenvalue weighted by Gasteiger charge is -2.08. The van der Waals surface area contributed by atoms with Crippen LogP contribution in [0.4, 0.5) is 0 Å². The molecule has 0 atom stereocenters. The smallest absolute Gasteiger partial charge is 0.216 e. The molecular formula is C11H15NO2. The second-order valence-electron chi connectivity index (χ2n) is 3.31. The number of carbonyl (C=O) groups excluding carboxylic acids is 1. The Bertz CT molecular complexity index is 314. The van der Waals surface area contributed by atoms with Crippen LogP contribution in [0.25, 0.3) is 0 Å². The SMILES string of the molecule is CC(=O)NCCc1c(C)cccc1O. The minimum absolute atomic E-state index is 0.0435. The van der Waals surface area contributed by atoms with E-state index in [2.05, 4.69) is 5.32 Å². The average molecular weight is 193 g/mol. The first kappa shape index (κ1) is 10.6. The summed E-state index contributed by atoms with van der Waals surface area (Å²) in [5.41, 5.74) is 1.96. The fraction of sp³-hybridized carbons (Fsp3) is 0.364. The van der Waals surface area contributed by atoms with E-state index in [1.165, 1.54) is 6.92 Å². The van der Waals surface area contributed by atoms with Gasteiger partial charge in [-0.3, -0.25) is 4.79 Å². The Labute approximate surface area is 83.8 Å². The van der Waals surface area contributed by atoms with Crippen LogP contribution in [-0.2, 0) is 11.2 Å². The molecule has 3 nitrogen and oxygen atoms in total. The summed E-state index contributed by atoms with van der Waals surface area (Å²) in [5.74, 6) is 0.258. The number of hydrogen-bond donors (Lipinski definition) is 2. The van der Waals surface area contributed by atoms with Gasteiger partial charge in [0.2, 0.25) is 5.91 Å². The predicted molar refractivity (Wildman–Crippen MR) is 55.2 cm³/mol. The molecule has 1 aromatic carbocycles. The number of amides is 1. The highest BCUT2D eigenvalue weighted by molar-refractivity contribution is 5.72. The van der Waals surface area contributed by atoms with Gasteiger partial charge < -0.3 is 10.4 Å². The van der Waals surface area contributed by atoms with Gasteiger partial charge in [0.15, 0.2) is 0 Å². The quantitative estimate of drug-likeness (QED) is 0.762. The zero-order chi connectivity index (χ0) is 10.6. The molecular weight excluding hydrogens is 178 g/mol. The number of phenols is 1. The summed E-state index contributed by atoms with van der Waals surface area (Å²) in [7, 11) is 0. The molecule has 0 spiro atoms. The lowest BCUT2D eigenvalue weighted by molar-refractivity contribution is -0.118. The lowest BCUT2D eigenvalue weighted by atomic mass is 10.0. The van der Waals surface area contributed by atoms with E-state index in [0.29, 0.717) is 18.7 Å². The highest BCUT2D eigenvalue weighted by atomic mass is 16.3. The number of phenolic OH excluding ortho intramolecular Hbond substituents is 1. The number of hydrogen-bond acceptors (Lipinski definition) is 2. The van der Waals surface area contributed by atoms with E-state index in [1.54, 1.807) is 6.07 Å². The van der Waals surface area contributed by atoms with Gasteiger partial charge in [0.25, 0.3) is 0 Å². The molecule has 0 bridgehead atoms. The molecule has 1 amide bonds. The lowest BCUT2D eigenvalue weighted by Crippen LogP contribution is -2.22.